The van der Waals surface area contributed by atoms with Crippen molar-refractivity contribution in [2.24, 2.45) is 0 Å². The molecule has 1 fully saturated rings. The second-order valence-electron chi connectivity index (χ2n) is 5.75. The van der Waals surface area contributed by atoms with Crippen molar-refractivity contribution >= 4 is 16.7 Å². The smallest absolute Gasteiger partial charge is 0.191 e. The first-order valence-corrected chi connectivity index (χ1v) is 7.20. The van der Waals surface area contributed by atoms with Gasteiger partial charge in [0.15, 0.2) is 5.43 Å². The van der Waals surface area contributed by atoms with Crippen LogP contribution in [0.1, 0.15) is 35.5 Å². The highest BCUT2D eigenvalue weighted by atomic mass is 16.1. The maximum Gasteiger partial charge on any atom is 0.191 e. The fraction of sp³-hybridized carbons (Fsp3) is 0.250. The van der Waals surface area contributed by atoms with E-state index in [2.05, 4.69) is 19.9 Å². The summed E-state index contributed by atoms with van der Waals surface area (Å²) in [5.74, 6) is 1.77. The number of aryl methyl sites for hydroxylation is 1. The zero-order valence-electron chi connectivity index (χ0n) is 12.1. The van der Waals surface area contributed by atoms with Crippen LogP contribution < -0.4 is 11.2 Å². The molecule has 6 heteroatoms. The summed E-state index contributed by atoms with van der Waals surface area (Å²) in [7, 11) is 0. The number of aromatic nitrogens is 4. The predicted octanol–water partition coefficient (Wildman–Crippen LogP) is 1.87. The van der Waals surface area contributed by atoms with E-state index in [1.54, 1.807) is 18.3 Å². The summed E-state index contributed by atoms with van der Waals surface area (Å²) in [4.78, 5) is 28.3. The van der Waals surface area contributed by atoms with E-state index in [1.165, 1.54) is 6.20 Å². The molecule has 3 aromatic heterocycles. The van der Waals surface area contributed by atoms with E-state index in [-0.39, 0.29) is 17.3 Å². The van der Waals surface area contributed by atoms with E-state index < -0.39 is 0 Å². The fourth-order valence-corrected chi connectivity index (χ4v) is 2.85. The highest BCUT2D eigenvalue weighted by molar-refractivity contribution is 5.79. The minimum absolute atomic E-state index is 0.0351. The lowest BCUT2D eigenvalue weighted by atomic mass is 10.1. The lowest BCUT2D eigenvalue weighted by molar-refractivity contribution is 0.866. The SMILES string of the molecule is Cc1ccnc([C@H]2C[C@@H]2c2cc(=O)c3cnc(N)cc3[nH]2)n1. The summed E-state index contributed by atoms with van der Waals surface area (Å²) in [5.41, 5.74) is 8.26. The first-order chi connectivity index (χ1) is 10.6. The minimum atomic E-state index is -0.0351. The molecule has 4 rings (SSSR count). The van der Waals surface area contributed by atoms with Crippen LogP contribution in [0.5, 0.6) is 0 Å². The van der Waals surface area contributed by atoms with Crippen LogP contribution >= 0.6 is 0 Å². The molecule has 0 spiro atoms. The van der Waals surface area contributed by atoms with Gasteiger partial charge in [0.1, 0.15) is 11.6 Å². The molecule has 0 unspecified atom stereocenters. The van der Waals surface area contributed by atoms with Crippen molar-refractivity contribution < 1.29 is 0 Å². The number of hydrogen-bond donors (Lipinski definition) is 2. The molecule has 22 heavy (non-hydrogen) atoms. The van der Waals surface area contributed by atoms with Gasteiger partial charge in [-0.15, -0.1) is 0 Å². The van der Waals surface area contributed by atoms with Gasteiger partial charge in [-0.05, 0) is 19.4 Å². The summed E-state index contributed by atoms with van der Waals surface area (Å²) >= 11 is 0. The molecular weight excluding hydrogens is 278 g/mol. The van der Waals surface area contributed by atoms with Crippen LogP contribution in [-0.2, 0) is 0 Å². The van der Waals surface area contributed by atoms with E-state index in [0.29, 0.717) is 11.2 Å². The van der Waals surface area contributed by atoms with Crippen LogP contribution in [-0.4, -0.2) is 19.9 Å². The standard InChI is InChI=1S/C16H15N5O/c1-8-2-3-18-16(20-8)10-4-9(10)12-5-14(22)11-7-19-15(17)6-13(11)21-12/h2-3,5-7,9-10H,4H2,1H3,(H2,17,19)(H,21,22)/t9-,10-/m0/s1. The van der Waals surface area contributed by atoms with Crippen molar-refractivity contribution in [1.29, 1.82) is 0 Å². The van der Waals surface area contributed by atoms with E-state index in [1.807, 2.05) is 13.0 Å². The Hall–Kier alpha value is -2.76. The van der Waals surface area contributed by atoms with Gasteiger partial charge >= 0.3 is 0 Å². The van der Waals surface area contributed by atoms with E-state index in [9.17, 15) is 4.79 Å². The van der Waals surface area contributed by atoms with E-state index in [4.69, 9.17) is 5.73 Å². The second-order valence-corrected chi connectivity index (χ2v) is 5.75. The van der Waals surface area contributed by atoms with Gasteiger partial charge in [-0.3, -0.25) is 4.79 Å². The number of aromatic amines is 1. The fourth-order valence-electron chi connectivity index (χ4n) is 2.85. The van der Waals surface area contributed by atoms with Crippen LogP contribution in [0, 0.1) is 6.92 Å². The third-order valence-electron chi connectivity index (χ3n) is 4.09. The van der Waals surface area contributed by atoms with Gasteiger partial charge in [-0.1, -0.05) is 0 Å². The van der Waals surface area contributed by atoms with Crippen molar-refractivity contribution in [3.05, 3.63) is 58.0 Å². The minimum Gasteiger partial charge on any atom is -0.384 e. The number of rotatable bonds is 2. The second kappa shape index (κ2) is 4.62. The Bertz CT molecular complexity index is 933. The number of nitrogens with one attached hydrogen (secondary N) is 1. The maximum atomic E-state index is 12.2. The Morgan fingerprint density at radius 1 is 1.27 bits per heavy atom. The zero-order valence-corrected chi connectivity index (χ0v) is 12.1. The third kappa shape index (κ3) is 2.13. The molecule has 0 radical (unpaired) electrons. The highest BCUT2D eigenvalue weighted by Gasteiger charge is 2.42. The Labute approximate surface area is 126 Å². The molecule has 1 saturated carbocycles. The first-order valence-electron chi connectivity index (χ1n) is 7.20. The number of nitrogens with two attached hydrogens (primary N) is 1. The van der Waals surface area contributed by atoms with Gasteiger partial charge in [0.2, 0.25) is 0 Å². The largest absolute Gasteiger partial charge is 0.384 e. The van der Waals surface area contributed by atoms with Crippen molar-refractivity contribution in [3.63, 3.8) is 0 Å². The van der Waals surface area contributed by atoms with Crippen molar-refractivity contribution in [1.82, 2.24) is 19.9 Å². The molecule has 6 nitrogen and oxygen atoms in total. The number of nitrogen functional groups attached to an aromatic ring is 1. The van der Waals surface area contributed by atoms with Crippen LogP contribution in [0.15, 0.2) is 35.4 Å². The molecule has 1 aliphatic rings. The highest BCUT2D eigenvalue weighted by Crippen LogP contribution is 2.52. The number of pyridine rings is 2. The predicted molar refractivity (Wildman–Crippen MR) is 83.6 cm³/mol. The van der Waals surface area contributed by atoms with Gasteiger partial charge in [0.25, 0.3) is 0 Å². The maximum absolute atomic E-state index is 12.2. The normalized spacial score (nSPS) is 20.2. The molecule has 0 saturated heterocycles. The number of H-pyrrole nitrogens is 1. The monoisotopic (exact) mass is 293 g/mol. The Morgan fingerprint density at radius 2 is 2.14 bits per heavy atom. The Kier molecular flexibility index (Phi) is 2.72. The molecule has 0 amide bonds. The van der Waals surface area contributed by atoms with Crippen molar-refractivity contribution in [3.8, 4) is 0 Å². The van der Waals surface area contributed by atoms with E-state index >= 15 is 0 Å². The lowest BCUT2D eigenvalue weighted by Gasteiger charge is -2.04. The molecule has 110 valence electrons. The quantitative estimate of drug-likeness (QED) is 0.751. The van der Waals surface area contributed by atoms with Crippen LogP contribution in [0.2, 0.25) is 0 Å². The molecule has 0 bridgehead atoms. The summed E-state index contributed by atoms with van der Waals surface area (Å²) < 4.78 is 0. The van der Waals surface area contributed by atoms with Crippen LogP contribution in [0.3, 0.4) is 0 Å². The van der Waals surface area contributed by atoms with Gasteiger partial charge in [0, 0.05) is 47.8 Å². The molecule has 1 aliphatic carbocycles. The number of anilines is 1. The summed E-state index contributed by atoms with van der Waals surface area (Å²) in [5, 5.41) is 0.557. The average Bonchev–Trinajstić information content (AvgIpc) is 3.27. The zero-order chi connectivity index (χ0) is 15.3. The molecule has 3 heterocycles. The molecule has 0 aliphatic heterocycles. The Balaban J connectivity index is 1.72. The molecule has 3 aromatic rings. The van der Waals surface area contributed by atoms with Gasteiger partial charge in [0.05, 0.1) is 10.9 Å². The van der Waals surface area contributed by atoms with Crippen LogP contribution in [0.25, 0.3) is 10.9 Å². The Morgan fingerprint density at radius 3 is 2.95 bits per heavy atom. The molecule has 2 atom stereocenters. The van der Waals surface area contributed by atoms with E-state index in [0.717, 1.165) is 29.1 Å². The third-order valence-corrected chi connectivity index (χ3v) is 4.09. The molecular formula is C16H15N5O. The molecule has 3 N–H and O–H groups in total. The summed E-state index contributed by atoms with van der Waals surface area (Å²) in [6, 6.07) is 5.23. The number of nitrogens with zero attached hydrogens (tertiary/aromatic N) is 3. The topological polar surface area (TPSA) is 97.5 Å². The van der Waals surface area contributed by atoms with Gasteiger partial charge in [-0.25, -0.2) is 15.0 Å². The van der Waals surface area contributed by atoms with Crippen molar-refractivity contribution in [2.45, 2.75) is 25.2 Å². The first kappa shape index (κ1) is 12.9. The van der Waals surface area contributed by atoms with Gasteiger partial charge in [-0.2, -0.15) is 0 Å². The average molecular weight is 293 g/mol. The van der Waals surface area contributed by atoms with Crippen LogP contribution in [0.4, 0.5) is 5.82 Å². The number of hydrogen-bond acceptors (Lipinski definition) is 5. The molecule has 0 aromatic carbocycles. The summed E-state index contributed by atoms with van der Waals surface area (Å²) in [6.45, 7) is 1.95. The van der Waals surface area contributed by atoms with Crippen molar-refractivity contribution in [2.75, 3.05) is 5.73 Å². The lowest BCUT2D eigenvalue weighted by Crippen LogP contribution is -2.06. The summed E-state index contributed by atoms with van der Waals surface area (Å²) in [6.07, 6.45) is 4.25. The van der Waals surface area contributed by atoms with Gasteiger partial charge < -0.3 is 10.7 Å². The number of fused-ring (bicyclic) bond motifs is 1.